The Morgan fingerprint density at radius 1 is 1.03 bits per heavy atom. The number of nitrogens with zero attached hydrogens (tertiary/aromatic N) is 2. The van der Waals surface area contributed by atoms with Crippen LogP contribution in [0.5, 0.6) is 11.5 Å². The summed E-state index contributed by atoms with van der Waals surface area (Å²) in [5.74, 6) is 0.982. The number of methoxy groups -OCH3 is 2. The summed E-state index contributed by atoms with van der Waals surface area (Å²) in [7, 11) is 3.07. The van der Waals surface area contributed by atoms with Crippen molar-refractivity contribution in [1.82, 2.24) is 10.2 Å². The largest absolute Gasteiger partial charge is 0.495 e. The molecule has 0 unspecified atom stereocenters. The second kappa shape index (κ2) is 11.3. The van der Waals surface area contributed by atoms with E-state index in [2.05, 4.69) is 52.5 Å². The van der Waals surface area contributed by atoms with Crippen LogP contribution in [0, 0.1) is 13.8 Å². The van der Waals surface area contributed by atoms with E-state index >= 15 is 0 Å². The SMILES string of the molecule is COc1cc(OC)c(NC(=O)NCCCN2CCN(c3cc(C)ccc3C)CC2)cc1Cl. The zero-order valence-corrected chi connectivity index (χ0v) is 20.1. The van der Waals surface area contributed by atoms with Gasteiger partial charge in [0.25, 0.3) is 0 Å². The Kier molecular flexibility index (Phi) is 8.47. The molecule has 2 N–H and O–H groups in total. The molecule has 3 rings (SSSR count). The lowest BCUT2D eigenvalue weighted by Gasteiger charge is -2.37. The Morgan fingerprint density at radius 3 is 2.44 bits per heavy atom. The molecule has 174 valence electrons. The maximum absolute atomic E-state index is 12.3. The molecule has 2 amide bonds. The third kappa shape index (κ3) is 6.20. The summed E-state index contributed by atoms with van der Waals surface area (Å²) < 4.78 is 10.5. The highest BCUT2D eigenvalue weighted by atomic mass is 35.5. The highest BCUT2D eigenvalue weighted by Crippen LogP contribution is 2.35. The molecule has 1 saturated heterocycles. The van der Waals surface area contributed by atoms with Gasteiger partial charge in [0.2, 0.25) is 0 Å². The van der Waals surface area contributed by atoms with Crippen LogP contribution in [0.25, 0.3) is 0 Å². The molecule has 0 aliphatic carbocycles. The molecule has 1 aliphatic heterocycles. The van der Waals surface area contributed by atoms with Gasteiger partial charge in [-0.1, -0.05) is 23.7 Å². The minimum Gasteiger partial charge on any atom is -0.495 e. The maximum atomic E-state index is 12.3. The van der Waals surface area contributed by atoms with Crippen molar-refractivity contribution in [3.8, 4) is 11.5 Å². The van der Waals surface area contributed by atoms with Crippen LogP contribution in [0.4, 0.5) is 16.2 Å². The van der Waals surface area contributed by atoms with Crippen molar-refractivity contribution in [2.45, 2.75) is 20.3 Å². The number of nitrogens with one attached hydrogen (secondary N) is 2. The average molecular weight is 461 g/mol. The maximum Gasteiger partial charge on any atom is 0.319 e. The predicted octanol–water partition coefficient (Wildman–Crippen LogP) is 4.31. The molecule has 0 bridgehead atoms. The first kappa shape index (κ1) is 24.0. The van der Waals surface area contributed by atoms with E-state index in [4.69, 9.17) is 21.1 Å². The standard InChI is InChI=1S/C24H33ClN4O3/c1-17-6-7-18(2)21(14-17)29-12-10-28(11-13-29)9-5-8-26-24(30)27-20-15-19(25)22(31-3)16-23(20)32-4/h6-7,14-16H,5,8-13H2,1-4H3,(H2,26,27,30). The van der Waals surface area contributed by atoms with E-state index in [1.165, 1.54) is 31.0 Å². The molecule has 8 heteroatoms. The summed E-state index contributed by atoms with van der Waals surface area (Å²) in [6.45, 7) is 9.97. The number of carbonyl (C=O) groups excluding carboxylic acids is 1. The molecule has 2 aromatic rings. The van der Waals surface area contributed by atoms with Gasteiger partial charge >= 0.3 is 6.03 Å². The minimum absolute atomic E-state index is 0.288. The van der Waals surface area contributed by atoms with Crippen molar-refractivity contribution in [2.24, 2.45) is 0 Å². The molecule has 32 heavy (non-hydrogen) atoms. The van der Waals surface area contributed by atoms with Crippen molar-refractivity contribution in [2.75, 3.05) is 63.7 Å². The second-order valence-corrected chi connectivity index (χ2v) is 8.45. The first-order valence-corrected chi connectivity index (χ1v) is 11.3. The topological polar surface area (TPSA) is 66.1 Å². The molecule has 0 spiro atoms. The lowest BCUT2D eigenvalue weighted by molar-refractivity contribution is 0.244. The van der Waals surface area contributed by atoms with E-state index in [0.717, 1.165) is 39.1 Å². The number of anilines is 2. The van der Waals surface area contributed by atoms with Crippen LogP contribution in [0.2, 0.25) is 5.02 Å². The Hall–Kier alpha value is -2.64. The zero-order chi connectivity index (χ0) is 23.1. The van der Waals surface area contributed by atoms with Gasteiger partial charge in [-0.2, -0.15) is 0 Å². The smallest absolute Gasteiger partial charge is 0.319 e. The van der Waals surface area contributed by atoms with Crippen LogP contribution < -0.4 is 25.0 Å². The van der Waals surface area contributed by atoms with E-state index in [-0.39, 0.29) is 6.03 Å². The monoisotopic (exact) mass is 460 g/mol. The predicted molar refractivity (Wildman–Crippen MR) is 131 cm³/mol. The van der Waals surface area contributed by atoms with E-state index < -0.39 is 0 Å². The molecule has 0 saturated carbocycles. The first-order valence-electron chi connectivity index (χ1n) is 10.9. The number of carbonyl (C=O) groups is 1. The van der Waals surface area contributed by atoms with Gasteiger partial charge in [0.15, 0.2) is 0 Å². The Morgan fingerprint density at radius 2 is 1.75 bits per heavy atom. The van der Waals surface area contributed by atoms with Gasteiger partial charge in [0.05, 0.1) is 24.9 Å². The van der Waals surface area contributed by atoms with Gasteiger partial charge in [0.1, 0.15) is 11.5 Å². The summed E-state index contributed by atoms with van der Waals surface area (Å²) in [4.78, 5) is 17.2. The number of amides is 2. The lowest BCUT2D eigenvalue weighted by Crippen LogP contribution is -2.47. The fourth-order valence-electron chi connectivity index (χ4n) is 3.90. The number of hydrogen-bond donors (Lipinski definition) is 2. The number of hydrogen-bond acceptors (Lipinski definition) is 5. The molecule has 0 atom stereocenters. The Bertz CT molecular complexity index is 930. The number of halogens is 1. The summed E-state index contributed by atoms with van der Waals surface area (Å²) in [5.41, 5.74) is 4.47. The second-order valence-electron chi connectivity index (χ2n) is 8.04. The van der Waals surface area contributed by atoms with Crippen LogP contribution in [0.3, 0.4) is 0 Å². The van der Waals surface area contributed by atoms with Crippen LogP contribution in [-0.2, 0) is 0 Å². The lowest BCUT2D eigenvalue weighted by atomic mass is 10.1. The van der Waals surface area contributed by atoms with Crippen LogP contribution in [-0.4, -0.2) is 64.4 Å². The highest BCUT2D eigenvalue weighted by Gasteiger charge is 2.18. The molecule has 7 nitrogen and oxygen atoms in total. The minimum atomic E-state index is -0.288. The molecule has 1 fully saturated rings. The number of ether oxygens (including phenoxy) is 2. The quantitative estimate of drug-likeness (QED) is 0.575. The fourth-order valence-corrected chi connectivity index (χ4v) is 4.14. The van der Waals surface area contributed by atoms with Gasteiger partial charge in [-0.25, -0.2) is 4.79 Å². The Labute approximate surface area is 195 Å². The van der Waals surface area contributed by atoms with E-state index in [9.17, 15) is 4.79 Å². The third-order valence-corrected chi connectivity index (χ3v) is 6.03. The van der Waals surface area contributed by atoms with Gasteiger partial charge in [-0.15, -0.1) is 0 Å². The number of urea groups is 1. The van der Waals surface area contributed by atoms with Crippen molar-refractivity contribution in [1.29, 1.82) is 0 Å². The first-order chi connectivity index (χ1) is 15.4. The Balaban J connectivity index is 1.39. The average Bonchev–Trinajstić information content (AvgIpc) is 2.79. The summed E-state index contributed by atoms with van der Waals surface area (Å²) >= 11 is 6.16. The molecule has 0 aromatic heterocycles. The molecule has 1 aliphatic rings. The van der Waals surface area contributed by atoms with Gasteiger partial charge in [-0.05, 0) is 50.1 Å². The van der Waals surface area contributed by atoms with E-state index in [1.54, 1.807) is 12.1 Å². The van der Waals surface area contributed by atoms with Crippen LogP contribution in [0.15, 0.2) is 30.3 Å². The molecule has 0 radical (unpaired) electrons. The van der Waals surface area contributed by atoms with Crippen molar-refractivity contribution in [3.05, 3.63) is 46.5 Å². The normalized spacial score (nSPS) is 14.2. The number of rotatable bonds is 8. The van der Waals surface area contributed by atoms with Crippen molar-refractivity contribution >= 4 is 29.0 Å². The van der Waals surface area contributed by atoms with Gasteiger partial charge in [-0.3, -0.25) is 4.90 Å². The van der Waals surface area contributed by atoms with Gasteiger partial charge in [0, 0.05) is 44.5 Å². The molecular formula is C24H33ClN4O3. The molecule has 1 heterocycles. The third-order valence-electron chi connectivity index (χ3n) is 5.74. The summed E-state index contributed by atoms with van der Waals surface area (Å²) in [6, 6.07) is 9.62. The molecular weight excluding hydrogens is 428 g/mol. The summed E-state index contributed by atoms with van der Waals surface area (Å²) in [6.07, 6.45) is 0.886. The number of piperazine rings is 1. The number of aryl methyl sites for hydroxylation is 2. The van der Waals surface area contributed by atoms with E-state index in [0.29, 0.717) is 28.8 Å². The van der Waals surface area contributed by atoms with E-state index in [1.807, 2.05) is 0 Å². The van der Waals surface area contributed by atoms with Crippen LogP contribution >= 0.6 is 11.6 Å². The van der Waals surface area contributed by atoms with Gasteiger partial charge < -0.3 is 25.0 Å². The van der Waals surface area contributed by atoms with Crippen molar-refractivity contribution in [3.63, 3.8) is 0 Å². The zero-order valence-electron chi connectivity index (χ0n) is 19.3. The molecule has 2 aromatic carbocycles. The number of benzene rings is 2. The fraction of sp³-hybridized carbons (Fsp3) is 0.458. The van der Waals surface area contributed by atoms with Crippen molar-refractivity contribution < 1.29 is 14.3 Å². The highest BCUT2D eigenvalue weighted by molar-refractivity contribution is 6.32. The van der Waals surface area contributed by atoms with Crippen LogP contribution in [0.1, 0.15) is 17.5 Å². The summed E-state index contributed by atoms with van der Waals surface area (Å²) in [5, 5.41) is 6.10.